The van der Waals surface area contributed by atoms with Crippen molar-refractivity contribution in [2.75, 3.05) is 23.0 Å². The van der Waals surface area contributed by atoms with Crippen LogP contribution in [0, 0.1) is 5.41 Å². The third kappa shape index (κ3) is 3.77. The van der Waals surface area contributed by atoms with E-state index in [-0.39, 0.29) is 22.7 Å². The minimum atomic E-state index is -0.0752. The summed E-state index contributed by atoms with van der Waals surface area (Å²) in [5, 5.41) is 9.62. The Morgan fingerprint density at radius 2 is 1.59 bits per heavy atom. The van der Waals surface area contributed by atoms with Gasteiger partial charge in [-0.05, 0) is 67.3 Å². The van der Waals surface area contributed by atoms with E-state index in [1.165, 1.54) is 0 Å². The van der Waals surface area contributed by atoms with Crippen molar-refractivity contribution in [3.8, 4) is 5.75 Å². The molecule has 0 unspecified atom stereocenters. The van der Waals surface area contributed by atoms with Crippen molar-refractivity contribution in [2.45, 2.75) is 33.6 Å². The van der Waals surface area contributed by atoms with E-state index < -0.39 is 0 Å². The Hall–Kier alpha value is -3.08. The molecule has 2 aliphatic rings. The standard InChI is InChI=1S/C24H26N2O3/c1-16(27)17-4-6-19(7-5-17)26-15-25(18-8-10-20(28)11-9-18)14-21-22(26)12-24(2,3)13-23(21)29/h4-11,28H,12-15H2,1-3H3. The minimum absolute atomic E-state index is 0.0368. The van der Waals surface area contributed by atoms with E-state index in [0.29, 0.717) is 25.2 Å². The fourth-order valence-electron chi connectivity index (χ4n) is 4.21. The Morgan fingerprint density at radius 3 is 2.21 bits per heavy atom. The van der Waals surface area contributed by atoms with Crippen LogP contribution in [-0.4, -0.2) is 29.9 Å². The molecule has 0 bridgehead atoms. The van der Waals surface area contributed by atoms with Crippen molar-refractivity contribution in [3.63, 3.8) is 0 Å². The van der Waals surface area contributed by atoms with E-state index in [2.05, 4.69) is 23.6 Å². The highest BCUT2D eigenvalue weighted by molar-refractivity contribution is 6.00. The second kappa shape index (κ2) is 7.07. The molecule has 1 aliphatic heterocycles. The first-order chi connectivity index (χ1) is 13.7. The van der Waals surface area contributed by atoms with E-state index in [9.17, 15) is 14.7 Å². The number of Topliss-reactive ketones (excluding diaryl/α,β-unsaturated/α-hetero) is 2. The van der Waals surface area contributed by atoms with Gasteiger partial charge in [-0.1, -0.05) is 13.8 Å². The minimum Gasteiger partial charge on any atom is -0.508 e. The van der Waals surface area contributed by atoms with Crippen LogP contribution in [0.25, 0.3) is 0 Å². The Bertz CT molecular complexity index is 988. The molecule has 1 aliphatic carbocycles. The van der Waals surface area contributed by atoms with E-state index in [0.717, 1.165) is 29.1 Å². The highest BCUT2D eigenvalue weighted by atomic mass is 16.3. The van der Waals surface area contributed by atoms with Gasteiger partial charge in [0.05, 0.1) is 6.67 Å². The lowest BCUT2D eigenvalue weighted by molar-refractivity contribution is -0.118. The van der Waals surface area contributed by atoms with Crippen LogP contribution in [-0.2, 0) is 4.79 Å². The van der Waals surface area contributed by atoms with Gasteiger partial charge in [0.15, 0.2) is 11.6 Å². The average Bonchev–Trinajstić information content (AvgIpc) is 2.67. The lowest BCUT2D eigenvalue weighted by Gasteiger charge is -2.45. The molecule has 29 heavy (non-hydrogen) atoms. The molecule has 0 radical (unpaired) electrons. The molecule has 150 valence electrons. The highest BCUT2D eigenvalue weighted by Crippen LogP contribution is 2.42. The predicted molar refractivity (Wildman–Crippen MR) is 114 cm³/mol. The molecule has 1 N–H and O–H groups in total. The number of nitrogens with zero attached hydrogens (tertiary/aromatic N) is 2. The summed E-state index contributed by atoms with van der Waals surface area (Å²) in [6.07, 6.45) is 1.39. The molecule has 5 heteroatoms. The third-order valence-corrected chi connectivity index (χ3v) is 5.76. The first-order valence-corrected chi connectivity index (χ1v) is 9.91. The van der Waals surface area contributed by atoms with E-state index in [1.54, 1.807) is 19.1 Å². The molecule has 0 amide bonds. The molecule has 0 saturated carbocycles. The van der Waals surface area contributed by atoms with Crippen LogP contribution in [0.15, 0.2) is 59.8 Å². The van der Waals surface area contributed by atoms with Crippen LogP contribution < -0.4 is 9.80 Å². The summed E-state index contributed by atoms with van der Waals surface area (Å²) in [4.78, 5) is 29.0. The Labute approximate surface area is 171 Å². The number of rotatable bonds is 3. The predicted octanol–water partition coefficient (Wildman–Crippen LogP) is 4.52. The second-order valence-corrected chi connectivity index (χ2v) is 8.75. The summed E-state index contributed by atoms with van der Waals surface area (Å²) in [7, 11) is 0. The molecule has 0 atom stereocenters. The molecule has 0 aromatic heterocycles. The van der Waals surface area contributed by atoms with Crippen LogP contribution in [0.2, 0.25) is 0 Å². The van der Waals surface area contributed by atoms with Gasteiger partial charge in [0, 0.05) is 41.2 Å². The first kappa shape index (κ1) is 19.2. The van der Waals surface area contributed by atoms with Crippen molar-refractivity contribution in [3.05, 3.63) is 65.4 Å². The zero-order valence-electron chi connectivity index (χ0n) is 17.1. The van der Waals surface area contributed by atoms with Gasteiger partial charge >= 0.3 is 0 Å². The zero-order valence-corrected chi connectivity index (χ0v) is 17.1. The molecule has 1 heterocycles. The maximum atomic E-state index is 13.0. The fourth-order valence-corrected chi connectivity index (χ4v) is 4.21. The fraction of sp³-hybridized carbons (Fsp3) is 0.333. The number of anilines is 2. The number of ketones is 2. The Morgan fingerprint density at radius 1 is 0.966 bits per heavy atom. The number of phenols is 1. The number of allylic oxidation sites excluding steroid dienone is 1. The molecule has 5 nitrogen and oxygen atoms in total. The van der Waals surface area contributed by atoms with Crippen LogP contribution in [0.1, 0.15) is 44.0 Å². The van der Waals surface area contributed by atoms with Gasteiger partial charge in [0.25, 0.3) is 0 Å². The smallest absolute Gasteiger partial charge is 0.162 e. The van der Waals surface area contributed by atoms with Crippen molar-refractivity contribution in [1.82, 2.24) is 0 Å². The molecular weight excluding hydrogens is 364 g/mol. The average molecular weight is 390 g/mol. The van der Waals surface area contributed by atoms with E-state index in [4.69, 9.17) is 0 Å². The quantitative estimate of drug-likeness (QED) is 0.781. The number of phenolic OH excluding ortho intramolecular Hbond substituents is 1. The monoisotopic (exact) mass is 390 g/mol. The van der Waals surface area contributed by atoms with Crippen LogP contribution in [0.3, 0.4) is 0 Å². The molecule has 2 aromatic carbocycles. The van der Waals surface area contributed by atoms with Crippen LogP contribution in [0.4, 0.5) is 11.4 Å². The van der Waals surface area contributed by atoms with Crippen molar-refractivity contribution in [2.24, 2.45) is 5.41 Å². The van der Waals surface area contributed by atoms with Gasteiger partial charge in [-0.3, -0.25) is 9.59 Å². The number of hydrogen-bond donors (Lipinski definition) is 1. The summed E-state index contributed by atoms with van der Waals surface area (Å²) >= 11 is 0. The highest BCUT2D eigenvalue weighted by Gasteiger charge is 2.39. The number of carbonyl (C=O) groups excluding carboxylic acids is 2. The first-order valence-electron chi connectivity index (χ1n) is 9.91. The number of carbonyl (C=O) groups is 2. The summed E-state index contributed by atoms with van der Waals surface area (Å²) < 4.78 is 0. The molecular formula is C24H26N2O3. The van der Waals surface area contributed by atoms with Crippen LogP contribution >= 0.6 is 0 Å². The van der Waals surface area contributed by atoms with Gasteiger partial charge in [0.1, 0.15) is 5.75 Å². The molecule has 0 spiro atoms. The van der Waals surface area contributed by atoms with Gasteiger partial charge in [-0.25, -0.2) is 0 Å². The number of hydrogen-bond acceptors (Lipinski definition) is 5. The zero-order chi connectivity index (χ0) is 20.8. The molecule has 2 aromatic rings. The molecule has 0 saturated heterocycles. The Balaban J connectivity index is 1.77. The van der Waals surface area contributed by atoms with Crippen molar-refractivity contribution >= 4 is 22.9 Å². The van der Waals surface area contributed by atoms with Crippen LogP contribution in [0.5, 0.6) is 5.75 Å². The third-order valence-electron chi connectivity index (χ3n) is 5.76. The molecule has 0 fully saturated rings. The summed E-state index contributed by atoms with van der Waals surface area (Å²) in [5.74, 6) is 0.456. The number of benzene rings is 2. The summed E-state index contributed by atoms with van der Waals surface area (Å²) in [6.45, 7) is 7.00. The lowest BCUT2D eigenvalue weighted by atomic mass is 9.74. The maximum absolute atomic E-state index is 13.0. The van der Waals surface area contributed by atoms with Gasteiger partial charge in [-0.15, -0.1) is 0 Å². The van der Waals surface area contributed by atoms with Gasteiger partial charge in [-0.2, -0.15) is 0 Å². The second-order valence-electron chi connectivity index (χ2n) is 8.75. The van der Waals surface area contributed by atoms with E-state index >= 15 is 0 Å². The van der Waals surface area contributed by atoms with E-state index in [1.807, 2.05) is 36.4 Å². The normalized spacial score (nSPS) is 18.7. The van der Waals surface area contributed by atoms with Crippen molar-refractivity contribution in [1.29, 1.82) is 0 Å². The maximum Gasteiger partial charge on any atom is 0.162 e. The summed E-state index contributed by atoms with van der Waals surface area (Å²) in [6, 6.07) is 14.7. The van der Waals surface area contributed by atoms with Gasteiger partial charge < -0.3 is 14.9 Å². The largest absolute Gasteiger partial charge is 0.508 e. The van der Waals surface area contributed by atoms with Crippen molar-refractivity contribution < 1.29 is 14.7 Å². The van der Waals surface area contributed by atoms with Gasteiger partial charge in [0.2, 0.25) is 0 Å². The number of aromatic hydroxyl groups is 1. The lowest BCUT2D eigenvalue weighted by Crippen LogP contribution is -2.48. The molecule has 4 rings (SSSR count). The summed E-state index contributed by atoms with van der Waals surface area (Å²) in [5.41, 5.74) is 4.47. The SMILES string of the molecule is CC(=O)c1ccc(N2CN(c3ccc(O)cc3)CC3=C2CC(C)(C)CC3=O)cc1. The topological polar surface area (TPSA) is 60.9 Å². The Kier molecular flexibility index (Phi) is 4.69.